The highest BCUT2D eigenvalue weighted by atomic mass is 14.7. The molecule has 1 aromatic rings. The largest absolute Gasteiger partial charge is 0.361 e. The molecule has 1 aliphatic carbocycles. The van der Waals surface area contributed by atoms with Gasteiger partial charge in [0.15, 0.2) is 0 Å². The van der Waals surface area contributed by atoms with E-state index in [0.29, 0.717) is 0 Å². The molecule has 0 fully saturated rings. The third kappa shape index (κ3) is 0.689. The molecule has 0 saturated heterocycles. The van der Waals surface area contributed by atoms with Gasteiger partial charge in [-0.05, 0) is 30.5 Å². The molecule has 2 rings (SSSR count). The van der Waals surface area contributed by atoms with Crippen LogP contribution in [0.15, 0.2) is 24.4 Å². The number of hydrogen-bond donors (Lipinski definition) is 1. The first-order valence-corrected chi connectivity index (χ1v) is 3.29. The second-order valence-electron chi connectivity index (χ2n) is 2.35. The van der Waals surface area contributed by atoms with Crippen LogP contribution in [0.4, 0.5) is 0 Å². The van der Waals surface area contributed by atoms with Gasteiger partial charge in [-0.15, -0.1) is 0 Å². The van der Waals surface area contributed by atoms with Crippen LogP contribution in [0.5, 0.6) is 0 Å². The van der Waals surface area contributed by atoms with E-state index in [1.807, 2.05) is 12.3 Å². The Bertz CT molecular complexity index is 219. The fourth-order valence-corrected chi connectivity index (χ4v) is 1.06. The maximum Gasteiger partial charge on any atom is 0.0409 e. The Kier molecular flexibility index (Phi) is 0.950. The van der Waals surface area contributed by atoms with Crippen molar-refractivity contribution in [3.8, 4) is 0 Å². The fourth-order valence-electron chi connectivity index (χ4n) is 1.06. The standard InChI is InChI=1S/C8H9N/c1-3-7(4-1)8-5-2-6-9-8/h2-3,5-6,9H,1,4H2. The number of allylic oxidation sites excluding steroid dienone is 2. The Hall–Kier alpha value is -0.980. The first kappa shape index (κ1) is 4.86. The topological polar surface area (TPSA) is 15.8 Å². The molecule has 0 aromatic carbocycles. The maximum atomic E-state index is 3.17. The van der Waals surface area contributed by atoms with Gasteiger partial charge in [-0.1, -0.05) is 6.08 Å². The predicted molar refractivity (Wildman–Crippen MR) is 38.0 cm³/mol. The van der Waals surface area contributed by atoms with Gasteiger partial charge in [-0.2, -0.15) is 0 Å². The van der Waals surface area contributed by atoms with Crippen LogP contribution in [0.3, 0.4) is 0 Å². The van der Waals surface area contributed by atoms with E-state index < -0.39 is 0 Å². The monoisotopic (exact) mass is 119 g/mol. The van der Waals surface area contributed by atoms with Crippen molar-refractivity contribution in [1.29, 1.82) is 0 Å². The van der Waals surface area contributed by atoms with Gasteiger partial charge in [-0.3, -0.25) is 0 Å². The van der Waals surface area contributed by atoms with Crippen LogP contribution >= 0.6 is 0 Å². The lowest BCUT2D eigenvalue weighted by Crippen LogP contribution is -1.92. The minimum absolute atomic E-state index is 1.25. The first-order valence-electron chi connectivity index (χ1n) is 3.29. The molecule has 1 heteroatoms. The maximum absolute atomic E-state index is 3.17. The van der Waals surface area contributed by atoms with Crippen molar-refractivity contribution < 1.29 is 0 Å². The second kappa shape index (κ2) is 1.76. The van der Waals surface area contributed by atoms with Crippen LogP contribution in [0.1, 0.15) is 18.5 Å². The van der Waals surface area contributed by atoms with Gasteiger partial charge in [0.1, 0.15) is 0 Å². The van der Waals surface area contributed by atoms with Crippen molar-refractivity contribution >= 4 is 5.57 Å². The van der Waals surface area contributed by atoms with Crippen molar-refractivity contribution in [1.82, 2.24) is 4.98 Å². The van der Waals surface area contributed by atoms with Crippen LogP contribution in [-0.2, 0) is 0 Å². The number of aromatic amines is 1. The molecule has 46 valence electrons. The van der Waals surface area contributed by atoms with E-state index in [-0.39, 0.29) is 0 Å². The summed E-state index contributed by atoms with van der Waals surface area (Å²) in [5, 5.41) is 0. The summed E-state index contributed by atoms with van der Waals surface area (Å²) in [6, 6.07) is 4.15. The van der Waals surface area contributed by atoms with Gasteiger partial charge in [-0.25, -0.2) is 0 Å². The van der Waals surface area contributed by atoms with E-state index in [1.165, 1.54) is 24.1 Å². The van der Waals surface area contributed by atoms with Crippen LogP contribution in [-0.4, -0.2) is 4.98 Å². The minimum atomic E-state index is 1.25. The van der Waals surface area contributed by atoms with Crippen molar-refractivity contribution in [2.75, 3.05) is 0 Å². The molecule has 1 N–H and O–H groups in total. The van der Waals surface area contributed by atoms with Crippen LogP contribution < -0.4 is 0 Å². The third-order valence-electron chi connectivity index (χ3n) is 1.75. The van der Waals surface area contributed by atoms with Crippen LogP contribution in [0.25, 0.3) is 5.57 Å². The smallest absolute Gasteiger partial charge is 0.0409 e. The van der Waals surface area contributed by atoms with Crippen LogP contribution in [0.2, 0.25) is 0 Å². The van der Waals surface area contributed by atoms with Gasteiger partial charge in [0.2, 0.25) is 0 Å². The summed E-state index contributed by atoms with van der Waals surface area (Å²) >= 11 is 0. The lowest BCUT2D eigenvalue weighted by atomic mass is 9.96. The van der Waals surface area contributed by atoms with E-state index in [9.17, 15) is 0 Å². The van der Waals surface area contributed by atoms with E-state index in [1.54, 1.807) is 0 Å². The van der Waals surface area contributed by atoms with Gasteiger partial charge < -0.3 is 4.98 Å². The summed E-state index contributed by atoms with van der Waals surface area (Å²) in [6.07, 6.45) is 6.75. The molecule has 0 radical (unpaired) electrons. The summed E-state index contributed by atoms with van der Waals surface area (Å²) in [5.74, 6) is 0. The molecule has 1 nitrogen and oxygen atoms in total. The van der Waals surface area contributed by atoms with Crippen LogP contribution in [0, 0.1) is 0 Å². The zero-order valence-electron chi connectivity index (χ0n) is 5.22. The molecule has 0 saturated carbocycles. The van der Waals surface area contributed by atoms with E-state index in [4.69, 9.17) is 0 Å². The lowest BCUT2D eigenvalue weighted by molar-refractivity contribution is 0.978. The zero-order chi connectivity index (χ0) is 6.10. The van der Waals surface area contributed by atoms with E-state index in [0.717, 1.165) is 0 Å². The van der Waals surface area contributed by atoms with E-state index >= 15 is 0 Å². The lowest BCUT2D eigenvalue weighted by Gasteiger charge is -2.11. The summed E-state index contributed by atoms with van der Waals surface area (Å²) in [7, 11) is 0. The Morgan fingerprint density at radius 1 is 1.44 bits per heavy atom. The van der Waals surface area contributed by atoms with Crippen molar-refractivity contribution in [2.24, 2.45) is 0 Å². The molecule has 0 atom stereocenters. The molecule has 1 aromatic heterocycles. The third-order valence-corrected chi connectivity index (χ3v) is 1.75. The Morgan fingerprint density at radius 2 is 2.33 bits per heavy atom. The summed E-state index contributed by atoms with van der Waals surface area (Å²) < 4.78 is 0. The highest BCUT2D eigenvalue weighted by Gasteiger charge is 2.07. The van der Waals surface area contributed by atoms with Gasteiger partial charge in [0.05, 0.1) is 0 Å². The fraction of sp³-hybridized carbons (Fsp3) is 0.250. The number of nitrogens with one attached hydrogen (secondary N) is 1. The average Bonchev–Trinajstić information content (AvgIpc) is 2.11. The summed E-state index contributed by atoms with van der Waals surface area (Å²) in [4.78, 5) is 3.17. The predicted octanol–water partition coefficient (Wildman–Crippen LogP) is 2.19. The number of H-pyrrole nitrogens is 1. The molecule has 0 unspecified atom stereocenters. The highest BCUT2D eigenvalue weighted by molar-refractivity contribution is 5.67. The zero-order valence-corrected chi connectivity index (χ0v) is 5.22. The van der Waals surface area contributed by atoms with Crippen molar-refractivity contribution in [2.45, 2.75) is 12.8 Å². The minimum Gasteiger partial charge on any atom is -0.361 e. The first-order chi connectivity index (χ1) is 4.47. The average molecular weight is 119 g/mol. The molecule has 1 heterocycles. The number of hydrogen-bond acceptors (Lipinski definition) is 0. The molecule has 1 aliphatic rings. The van der Waals surface area contributed by atoms with Gasteiger partial charge in [0, 0.05) is 11.9 Å². The summed E-state index contributed by atoms with van der Waals surface area (Å²) in [6.45, 7) is 0. The highest BCUT2D eigenvalue weighted by Crippen LogP contribution is 2.26. The number of rotatable bonds is 1. The molecule has 9 heavy (non-hydrogen) atoms. The Balaban J connectivity index is 2.34. The molecular formula is C8H9N. The quantitative estimate of drug-likeness (QED) is 0.583. The molecule has 0 aliphatic heterocycles. The second-order valence-corrected chi connectivity index (χ2v) is 2.35. The molecule has 0 spiro atoms. The Morgan fingerprint density at radius 3 is 2.78 bits per heavy atom. The van der Waals surface area contributed by atoms with Gasteiger partial charge >= 0.3 is 0 Å². The molecule has 0 bridgehead atoms. The van der Waals surface area contributed by atoms with Crippen molar-refractivity contribution in [3.05, 3.63) is 30.1 Å². The van der Waals surface area contributed by atoms with E-state index in [2.05, 4.69) is 17.1 Å². The number of aromatic nitrogens is 1. The molecule has 0 amide bonds. The van der Waals surface area contributed by atoms with Crippen molar-refractivity contribution in [3.63, 3.8) is 0 Å². The van der Waals surface area contributed by atoms with Gasteiger partial charge in [0.25, 0.3) is 0 Å². The Labute approximate surface area is 54.4 Å². The summed E-state index contributed by atoms with van der Waals surface area (Å²) in [5.41, 5.74) is 2.77. The molecular weight excluding hydrogens is 110 g/mol. The normalized spacial score (nSPS) is 16.7. The SMILES string of the molecule is C1=C(c2ccc[nH]2)CC1.